The number of carbonyl (C=O) groups is 3. The molecule has 0 aromatic carbocycles. The van der Waals surface area contributed by atoms with Crippen LogP contribution < -0.4 is 5.32 Å². The van der Waals surface area contributed by atoms with Gasteiger partial charge in [0.25, 0.3) is 0 Å². The average molecular weight is 227 g/mol. The largest absolute Gasteiger partial charge is 0.478 e. The molecule has 0 spiro atoms. The number of rotatable bonds is 7. The summed E-state index contributed by atoms with van der Waals surface area (Å²) in [6.45, 7) is 3.34. The van der Waals surface area contributed by atoms with Gasteiger partial charge in [-0.15, -0.1) is 0 Å². The number of carboxylic acids is 1. The Hall–Kier alpha value is -1.65. The molecule has 0 atom stereocenters. The lowest BCUT2D eigenvalue weighted by molar-refractivity contribution is -0.132. The molecule has 0 rings (SSSR count). The number of allylic oxidation sites excluding steroid dienone is 1. The Labute approximate surface area is 94.5 Å². The van der Waals surface area contributed by atoms with E-state index in [1.807, 2.05) is 0 Å². The molecule has 0 radical (unpaired) electrons. The molecule has 0 heterocycles. The number of carbonyl (C=O) groups excluding carboxylic acids is 2. The van der Waals surface area contributed by atoms with Crippen molar-refractivity contribution in [1.82, 2.24) is 5.32 Å². The Morgan fingerprint density at radius 3 is 2.38 bits per heavy atom. The van der Waals surface area contributed by atoms with Gasteiger partial charge in [0, 0.05) is 12.1 Å². The van der Waals surface area contributed by atoms with Crippen LogP contribution in [-0.4, -0.2) is 29.3 Å². The van der Waals surface area contributed by atoms with Gasteiger partial charge in [-0.05, 0) is 26.7 Å². The third-order valence-corrected chi connectivity index (χ3v) is 1.90. The number of hydrogen-bond donors (Lipinski definition) is 2. The fraction of sp³-hybridized carbons (Fsp3) is 0.545. The van der Waals surface area contributed by atoms with Crippen LogP contribution in [0.1, 0.15) is 33.1 Å². The van der Waals surface area contributed by atoms with E-state index in [-0.39, 0.29) is 18.1 Å². The summed E-state index contributed by atoms with van der Waals surface area (Å²) < 4.78 is 0. The zero-order chi connectivity index (χ0) is 12.6. The van der Waals surface area contributed by atoms with E-state index >= 15 is 0 Å². The number of Topliss-reactive ketones (excluding diaryl/α,β-unsaturated/α-hetero) is 1. The van der Waals surface area contributed by atoms with Gasteiger partial charge in [0.1, 0.15) is 5.78 Å². The van der Waals surface area contributed by atoms with E-state index in [0.29, 0.717) is 25.0 Å². The second kappa shape index (κ2) is 7.62. The van der Waals surface area contributed by atoms with Gasteiger partial charge in [-0.1, -0.05) is 6.08 Å². The number of nitrogens with one attached hydrogen (secondary N) is 1. The lowest BCUT2D eigenvalue weighted by atomic mass is 10.2. The predicted octanol–water partition coefficient (Wildman–Crippen LogP) is 0.893. The van der Waals surface area contributed by atoms with Crippen molar-refractivity contribution in [3.8, 4) is 0 Å². The van der Waals surface area contributed by atoms with Crippen LogP contribution in [0.4, 0.5) is 0 Å². The van der Waals surface area contributed by atoms with E-state index < -0.39 is 5.97 Å². The Kier molecular flexibility index (Phi) is 6.83. The van der Waals surface area contributed by atoms with Gasteiger partial charge < -0.3 is 10.4 Å². The standard InChI is InChI=1S/C11H17NO4/c1-8(11(15)16)5-3-4-6-12-10(14)7-9(2)13/h5H,3-4,6-7H2,1-2H3,(H,12,14)(H,15,16). The summed E-state index contributed by atoms with van der Waals surface area (Å²) in [6.07, 6.45) is 2.77. The maximum Gasteiger partial charge on any atom is 0.330 e. The Morgan fingerprint density at radius 2 is 1.88 bits per heavy atom. The van der Waals surface area contributed by atoms with Crippen molar-refractivity contribution in [3.05, 3.63) is 11.6 Å². The minimum absolute atomic E-state index is 0.0933. The molecule has 0 aromatic heterocycles. The van der Waals surface area contributed by atoms with Crippen LogP contribution >= 0.6 is 0 Å². The molecule has 5 nitrogen and oxygen atoms in total. The van der Waals surface area contributed by atoms with Crippen molar-refractivity contribution in [3.63, 3.8) is 0 Å². The zero-order valence-electron chi connectivity index (χ0n) is 9.58. The molecule has 0 saturated heterocycles. The Balaban J connectivity index is 3.61. The highest BCUT2D eigenvalue weighted by molar-refractivity contribution is 5.96. The van der Waals surface area contributed by atoms with Crippen LogP contribution in [0.2, 0.25) is 0 Å². The first-order valence-corrected chi connectivity index (χ1v) is 5.09. The number of ketones is 1. The fourth-order valence-corrected chi connectivity index (χ4v) is 1.02. The maximum absolute atomic E-state index is 11.0. The molecule has 0 aliphatic rings. The maximum atomic E-state index is 11.0. The van der Waals surface area contributed by atoms with E-state index in [1.165, 1.54) is 13.8 Å². The molecule has 0 aliphatic heterocycles. The van der Waals surface area contributed by atoms with E-state index in [9.17, 15) is 14.4 Å². The highest BCUT2D eigenvalue weighted by atomic mass is 16.4. The molecule has 16 heavy (non-hydrogen) atoms. The van der Waals surface area contributed by atoms with Gasteiger partial charge in [-0.3, -0.25) is 9.59 Å². The molecule has 0 fully saturated rings. The Bertz CT molecular complexity index is 307. The molecular formula is C11H17NO4. The fourth-order valence-electron chi connectivity index (χ4n) is 1.02. The first-order valence-electron chi connectivity index (χ1n) is 5.09. The van der Waals surface area contributed by atoms with E-state index in [2.05, 4.69) is 5.32 Å². The molecule has 0 aliphatic carbocycles. The van der Waals surface area contributed by atoms with Crippen molar-refractivity contribution >= 4 is 17.7 Å². The topological polar surface area (TPSA) is 83.5 Å². The summed E-state index contributed by atoms with van der Waals surface area (Å²) in [6, 6.07) is 0. The SMILES string of the molecule is CC(=O)CC(=O)NCCCC=C(C)C(=O)O. The molecular weight excluding hydrogens is 210 g/mol. The molecule has 0 unspecified atom stereocenters. The van der Waals surface area contributed by atoms with Crippen molar-refractivity contribution in [2.45, 2.75) is 33.1 Å². The highest BCUT2D eigenvalue weighted by Crippen LogP contribution is 1.97. The highest BCUT2D eigenvalue weighted by Gasteiger charge is 2.03. The number of amides is 1. The molecule has 1 amide bonds. The van der Waals surface area contributed by atoms with Gasteiger partial charge >= 0.3 is 5.97 Å². The summed E-state index contributed by atoms with van der Waals surface area (Å²) >= 11 is 0. The van der Waals surface area contributed by atoms with E-state index in [4.69, 9.17) is 5.11 Å². The van der Waals surface area contributed by atoms with Crippen molar-refractivity contribution < 1.29 is 19.5 Å². The number of carboxylic acid groups (broad SMARTS) is 1. The minimum atomic E-state index is -0.930. The van der Waals surface area contributed by atoms with Crippen LogP contribution in [0.5, 0.6) is 0 Å². The molecule has 0 saturated carbocycles. The van der Waals surface area contributed by atoms with Crippen molar-refractivity contribution in [2.24, 2.45) is 0 Å². The first kappa shape index (κ1) is 14.3. The molecule has 0 bridgehead atoms. The molecule has 90 valence electrons. The van der Waals surface area contributed by atoms with Crippen LogP contribution in [0.15, 0.2) is 11.6 Å². The minimum Gasteiger partial charge on any atom is -0.478 e. The van der Waals surface area contributed by atoms with E-state index in [1.54, 1.807) is 6.08 Å². The lowest BCUT2D eigenvalue weighted by Crippen LogP contribution is -2.25. The van der Waals surface area contributed by atoms with Gasteiger partial charge in [0.15, 0.2) is 0 Å². The Morgan fingerprint density at radius 1 is 1.25 bits per heavy atom. The van der Waals surface area contributed by atoms with Crippen LogP contribution in [-0.2, 0) is 14.4 Å². The van der Waals surface area contributed by atoms with Crippen LogP contribution in [0.25, 0.3) is 0 Å². The third kappa shape index (κ3) is 7.73. The van der Waals surface area contributed by atoms with Crippen molar-refractivity contribution in [1.29, 1.82) is 0 Å². The molecule has 2 N–H and O–H groups in total. The summed E-state index contributed by atoms with van der Waals surface area (Å²) in [5.74, 6) is -1.38. The van der Waals surface area contributed by atoms with Gasteiger partial charge in [-0.2, -0.15) is 0 Å². The average Bonchev–Trinajstić information content (AvgIpc) is 2.15. The van der Waals surface area contributed by atoms with Crippen molar-refractivity contribution in [2.75, 3.05) is 6.54 Å². The smallest absolute Gasteiger partial charge is 0.330 e. The predicted molar refractivity (Wildman–Crippen MR) is 58.9 cm³/mol. The second-order valence-corrected chi connectivity index (χ2v) is 3.56. The van der Waals surface area contributed by atoms with Gasteiger partial charge in [0.2, 0.25) is 5.91 Å². The zero-order valence-corrected chi connectivity index (χ0v) is 9.58. The molecule has 5 heteroatoms. The summed E-state index contributed by atoms with van der Waals surface area (Å²) in [5, 5.41) is 11.1. The van der Waals surface area contributed by atoms with Gasteiger partial charge in [0.05, 0.1) is 6.42 Å². The monoisotopic (exact) mass is 227 g/mol. The molecule has 0 aromatic rings. The van der Waals surface area contributed by atoms with Crippen LogP contribution in [0.3, 0.4) is 0 Å². The first-order chi connectivity index (χ1) is 7.43. The summed E-state index contributed by atoms with van der Waals surface area (Å²) in [5.41, 5.74) is 0.301. The normalized spacial score (nSPS) is 11.0. The van der Waals surface area contributed by atoms with Crippen LogP contribution in [0, 0.1) is 0 Å². The third-order valence-electron chi connectivity index (χ3n) is 1.90. The lowest BCUT2D eigenvalue weighted by Gasteiger charge is -2.02. The summed E-state index contributed by atoms with van der Waals surface area (Å²) in [4.78, 5) is 32.0. The quantitative estimate of drug-likeness (QED) is 0.384. The van der Waals surface area contributed by atoms with Gasteiger partial charge in [-0.25, -0.2) is 4.79 Å². The number of hydrogen-bond acceptors (Lipinski definition) is 3. The number of aliphatic carboxylic acids is 1. The van der Waals surface area contributed by atoms with E-state index in [0.717, 1.165) is 0 Å². The second-order valence-electron chi connectivity index (χ2n) is 3.56. The number of unbranched alkanes of at least 4 members (excludes halogenated alkanes) is 1. The summed E-state index contributed by atoms with van der Waals surface area (Å²) in [7, 11) is 0.